The molecule has 2 rings (SSSR count). The number of rotatable bonds is 3. The molecule has 1 aromatic carbocycles. The van der Waals surface area contributed by atoms with Gasteiger partial charge in [0.05, 0.1) is 0 Å². The zero-order chi connectivity index (χ0) is 11.5. The van der Waals surface area contributed by atoms with Crippen molar-refractivity contribution in [1.82, 2.24) is 0 Å². The molecule has 1 aromatic heterocycles. The van der Waals surface area contributed by atoms with Crippen molar-refractivity contribution in [3.63, 3.8) is 0 Å². The monoisotopic (exact) mass is 346 g/mol. The molecule has 0 saturated heterocycles. The number of hydrogen-bond acceptors (Lipinski definition) is 1. The van der Waals surface area contributed by atoms with Gasteiger partial charge in [0.1, 0.15) is 0 Å². The third-order valence-electron chi connectivity index (χ3n) is 2.21. The first-order chi connectivity index (χ1) is 7.70. The first-order valence-corrected chi connectivity index (χ1v) is 9.08. The number of carbonyl (C=O) groups is 1. The zero-order valence-corrected chi connectivity index (χ0v) is 12.1. The minimum atomic E-state index is -0.894. The molecule has 1 heterocycles. The molecule has 0 spiro atoms. The van der Waals surface area contributed by atoms with Gasteiger partial charge in [-0.25, -0.2) is 0 Å². The average molecular weight is 344 g/mol. The van der Waals surface area contributed by atoms with Crippen LogP contribution >= 0.6 is 0 Å². The Hall–Kier alpha value is -0.791. The third kappa shape index (κ3) is 2.47. The molecule has 0 bridgehead atoms. The maximum absolute atomic E-state index is 10.5. The van der Waals surface area contributed by atoms with Crippen molar-refractivity contribution in [3.05, 3.63) is 34.8 Å². The molecule has 0 saturated carbocycles. The van der Waals surface area contributed by atoms with Crippen molar-refractivity contribution in [3.8, 4) is 0 Å². The van der Waals surface area contributed by atoms with Gasteiger partial charge in [0.25, 0.3) is 0 Å². The summed E-state index contributed by atoms with van der Waals surface area (Å²) >= 11 is 0.857. The van der Waals surface area contributed by atoms with E-state index < -0.39 is 5.97 Å². The van der Waals surface area contributed by atoms with Crippen LogP contribution in [0.3, 0.4) is 0 Å². The van der Waals surface area contributed by atoms with Crippen molar-refractivity contribution < 1.29 is 9.90 Å². The molecular weight excluding hydrogens is 334 g/mol. The summed E-state index contributed by atoms with van der Waals surface area (Å²) in [6.45, 7) is 0. The standard InChI is InChI=1S/C12H10O2Se2/c1-15-10-7-11-9(4-5-16-11)6-8(10)2-3-12(13)14/h2-7H,1H3,(H,13,14)/b3-2+. The average Bonchev–Trinajstić information content (AvgIpc) is 2.71. The van der Waals surface area contributed by atoms with E-state index in [1.165, 1.54) is 20.2 Å². The van der Waals surface area contributed by atoms with Crippen LogP contribution in [0.4, 0.5) is 0 Å². The summed E-state index contributed by atoms with van der Waals surface area (Å²) in [5, 5.41) is 9.89. The van der Waals surface area contributed by atoms with Gasteiger partial charge in [0.2, 0.25) is 0 Å². The van der Waals surface area contributed by atoms with E-state index in [-0.39, 0.29) is 0 Å². The molecule has 0 atom stereocenters. The quantitative estimate of drug-likeness (QED) is 0.675. The summed E-state index contributed by atoms with van der Waals surface area (Å²) < 4.78 is 2.70. The number of fused-ring (bicyclic) bond motifs is 1. The molecule has 0 aliphatic heterocycles. The first kappa shape index (κ1) is 11.7. The number of carboxylic acids is 1. The second kappa shape index (κ2) is 5.03. The Kier molecular flexibility index (Phi) is 3.67. The fourth-order valence-corrected chi connectivity index (χ4v) is 4.81. The van der Waals surface area contributed by atoms with Crippen LogP contribution in [0.15, 0.2) is 29.2 Å². The van der Waals surface area contributed by atoms with E-state index in [1.807, 2.05) is 0 Å². The first-order valence-electron chi connectivity index (χ1n) is 4.67. The van der Waals surface area contributed by atoms with Crippen LogP contribution in [0.5, 0.6) is 0 Å². The molecule has 1 N–H and O–H groups in total. The van der Waals surface area contributed by atoms with E-state index in [9.17, 15) is 4.79 Å². The van der Waals surface area contributed by atoms with Crippen LogP contribution in [0.25, 0.3) is 15.7 Å². The number of hydrogen-bond donors (Lipinski definition) is 1. The summed E-state index contributed by atoms with van der Waals surface area (Å²) in [6.07, 6.45) is 2.91. The topological polar surface area (TPSA) is 37.3 Å². The predicted octanol–water partition coefficient (Wildman–Crippen LogP) is 1.37. The van der Waals surface area contributed by atoms with Crippen LogP contribution in [0, 0.1) is 0 Å². The van der Waals surface area contributed by atoms with Crippen molar-refractivity contribution in [2.24, 2.45) is 0 Å². The van der Waals surface area contributed by atoms with Gasteiger partial charge >= 0.3 is 106 Å². The summed E-state index contributed by atoms with van der Waals surface area (Å²) in [6, 6.07) is 6.46. The van der Waals surface area contributed by atoms with Gasteiger partial charge in [0, 0.05) is 0 Å². The van der Waals surface area contributed by atoms with Crippen molar-refractivity contribution in [2.75, 3.05) is 0 Å². The second-order valence-electron chi connectivity index (χ2n) is 3.22. The Morgan fingerprint density at radius 2 is 2.31 bits per heavy atom. The summed E-state index contributed by atoms with van der Waals surface area (Å²) in [4.78, 5) is 12.7. The molecule has 82 valence electrons. The van der Waals surface area contributed by atoms with Gasteiger partial charge in [-0.05, 0) is 0 Å². The predicted molar refractivity (Wildman–Crippen MR) is 68.8 cm³/mol. The molecule has 0 amide bonds. The summed E-state index contributed by atoms with van der Waals surface area (Å²) in [7, 11) is 0. The Labute approximate surface area is 106 Å². The van der Waals surface area contributed by atoms with E-state index in [2.05, 4.69) is 29.0 Å². The minimum absolute atomic E-state index is 0.395. The molecule has 0 radical (unpaired) electrons. The Bertz CT molecular complexity index is 555. The van der Waals surface area contributed by atoms with Gasteiger partial charge in [-0.15, -0.1) is 0 Å². The molecule has 0 unspecified atom stereocenters. The van der Waals surface area contributed by atoms with Crippen LogP contribution in [0.2, 0.25) is 5.82 Å². The molecular formula is C12H10O2Se2. The molecule has 2 nitrogen and oxygen atoms in total. The van der Waals surface area contributed by atoms with Crippen molar-refractivity contribution in [1.29, 1.82) is 0 Å². The van der Waals surface area contributed by atoms with E-state index in [4.69, 9.17) is 5.11 Å². The van der Waals surface area contributed by atoms with Gasteiger partial charge in [-0.3, -0.25) is 0 Å². The number of aliphatic carboxylic acids is 1. The Morgan fingerprint density at radius 1 is 1.50 bits per heavy atom. The Balaban J connectivity index is 2.52. The van der Waals surface area contributed by atoms with Crippen LogP contribution in [0.1, 0.15) is 5.56 Å². The van der Waals surface area contributed by atoms with Crippen molar-refractivity contribution >= 4 is 55.6 Å². The molecule has 4 heteroatoms. The van der Waals surface area contributed by atoms with Crippen LogP contribution in [-0.2, 0) is 4.79 Å². The Morgan fingerprint density at radius 3 is 3.00 bits per heavy atom. The van der Waals surface area contributed by atoms with Crippen LogP contribution < -0.4 is 4.46 Å². The summed E-state index contributed by atoms with van der Waals surface area (Å²) in [5.74, 6) is 1.26. The second-order valence-corrected chi connectivity index (χ2v) is 6.99. The number of carboxylic acid groups (broad SMARTS) is 1. The maximum atomic E-state index is 10.5. The number of benzene rings is 1. The van der Waals surface area contributed by atoms with Gasteiger partial charge < -0.3 is 0 Å². The van der Waals surface area contributed by atoms with Crippen molar-refractivity contribution in [2.45, 2.75) is 5.82 Å². The van der Waals surface area contributed by atoms with Gasteiger partial charge in [-0.2, -0.15) is 0 Å². The third-order valence-corrected chi connectivity index (χ3v) is 5.72. The molecule has 0 aliphatic rings. The normalized spacial score (nSPS) is 11.3. The summed E-state index contributed by atoms with van der Waals surface area (Å²) in [5.41, 5.74) is 1.05. The zero-order valence-electron chi connectivity index (χ0n) is 8.64. The molecule has 0 fully saturated rings. The van der Waals surface area contributed by atoms with Crippen LogP contribution in [-0.4, -0.2) is 40.5 Å². The van der Waals surface area contributed by atoms with Gasteiger partial charge in [0.15, 0.2) is 0 Å². The fourth-order valence-electron chi connectivity index (χ4n) is 1.48. The van der Waals surface area contributed by atoms with E-state index in [0.717, 1.165) is 5.56 Å². The molecule has 0 aliphatic carbocycles. The molecule has 2 aromatic rings. The van der Waals surface area contributed by atoms with Gasteiger partial charge in [-0.1, -0.05) is 0 Å². The van der Waals surface area contributed by atoms with E-state index in [0.29, 0.717) is 29.5 Å². The van der Waals surface area contributed by atoms with E-state index in [1.54, 1.807) is 6.08 Å². The van der Waals surface area contributed by atoms with E-state index >= 15 is 0 Å². The SMILES string of the molecule is C[Se]c1cc2[se]ccc2cc1/C=C/C(=O)O. The fraction of sp³-hybridized carbons (Fsp3) is 0.0833. The molecule has 16 heavy (non-hydrogen) atoms.